The van der Waals surface area contributed by atoms with Gasteiger partial charge in [-0.25, -0.2) is 9.67 Å². The minimum absolute atomic E-state index is 0.206. The summed E-state index contributed by atoms with van der Waals surface area (Å²) in [6.45, 7) is 4.19. The fourth-order valence-electron chi connectivity index (χ4n) is 3.83. The van der Waals surface area contributed by atoms with E-state index in [1.807, 2.05) is 12.1 Å². The lowest BCUT2D eigenvalue weighted by Crippen LogP contribution is -2.37. The number of carbonyl (C=O) groups is 1. The number of pyridine rings is 1. The Bertz CT molecular complexity index is 901. The van der Waals surface area contributed by atoms with E-state index in [1.54, 1.807) is 19.2 Å². The fraction of sp³-hybridized carbons (Fsp3) is 0.500. The average molecular weight is 367 g/mol. The van der Waals surface area contributed by atoms with Gasteiger partial charge in [0.1, 0.15) is 11.9 Å². The predicted octanol–water partition coefficient (Wildman–Crippen LogP) is 1.60. The molecule has 0 aromatic carbocycles. The van der Waals surface area contributed by atoms with Crippen molar-refractivity contribution in [2.75, 3.05) is 18.0 Å². The molecule has 2 aromatic rings. The molecule has 1 aliphatic heterocycles. The summed E-state index contributed by atoms with van der Waals surface area (Å²) in [4.78, 5) is 31.6. The minimum Gasteiger partial charge on any atom is -0.357 e. The van der Waals surface area contributed by atoms with Crippen LogP contribution in [0.2, 0.25) is 0 Å². The van der Waals surface area contributed by atoms with Gasteiger partial charge in [-0.05, 0) is 62.3 Å². The van der Waals surface area contributed by atoms with E-state index in [1.165, 1.54) is 17.5 Å². The summed E-state index contributed by atoms with van der Waals surface area (Å²) in [5.41, 5.74) is 2.76. The van der Waals surface area contributed by atoms with Gasteiger partial charge in [-0.15, -0.1) is 0 Å². The molecule has 7 nitrogen and oxygen atoms in total. The van der Waals surface area contributed by atoms with Crippen LogP contribution in [0.5, 0.6) is 0 Å². The number of hydrogen-bond donors (Lipinski definition) is 1. The topological polar surface area (TPSA) is 80.1 Å². The molecule has 142 valence electrons. The molecule has 1 unspecified atom stereocenters. The molecule has 0 saturated carbocycles. The monoisotopic (exact) mass is 367 g/mol. The van der Waals surface area contributed by atoms with Gasteiger partial charge >= 0.3 is 0 Å². The lowest BCUT2D eigenvalue weighted by atomic mass is 10.2. The van der Waals surface area contributed by atoms with Gasteiger partial charge in [0.2, 0.25) is 5.91 Å². The molecule has 0 spiro atoms. The number of rotatable bonds is 5. The maximum Gasteiger partial charge on any atom is 0.267 e. The molecule has 1 saturated heterocycles. The van der Waals surface area contributed by atoms with Gasteiger partial charge < -0.3 is 10.2 Å². The van der Waals surface area contributed by atoms with Crippen molar-refractivity contribution in [3.63, 3.8) is 0 Å². The SMILES string of the molecule is CC(C(=O)NCc1ccnc(N2CCCC2)c1)n1nc2c(cc1=O)CCC2. The molecule has 0 bridgehead atoms. The molecule has 1 N–H and O–H groups in total. The Morgan fingerprint density at radius 1 is 1.22 bits per heavy atom. The second kappa shape index (κ2) is 7.50. The quantitative estimate of drug-likeness (QED) is 0.868. The highest BCUT2D eigenvalue weighted by Gasteiger charge is 2.21. The molecule has 2 aromatic heterocycles. The Morgan fingerprint density at radius 3 is 2.85 bits per heavy atom. The number of carbonyl (C=O) groups excluding carboxylic acids is 1. The van der Waals surface area contributed by atoms with Crippen LogP contribution in [0.1, 0.15) is 49.0 Å². The van der Waals surface area contributed by atoms with Crippen LogP contribution in [0.3, 0.4) is 0 Å². The smallest absolute Gasteiger partial charge is 0.267 e. The largest absolute Gasteiger partial charge is 0.357 e. The first kappa shape index (κ1) is 17.7. The van der Waals surface area contributed by atoms with Crippen molar-refractivity contribution in [2.24, 2.45) is 0 Å². The lowest BCUT2D eigenvalue weighted by Gasteiger charge is -2.18. The van der Waals surface area contributed by atoms with Crippen molar-refractivity contribution < 1.29 is 4.79 Å². The molecule has 3 heterocycles. The summed E-state index contributed by atoms with van der Waals surface area (Å²) in [6, 6.07) is 4.92. The molecule has 1 fully saturated rings. The number of anilines is 1. The van der Waals surface area contributed by atoms with Gasteiger partial charge in [-0.2, -0.15) is 5.10 Å². The van der Waals surface area contributed by atoms with Gasteiger partial charge in [-0.1, -0.05) is 0 Å². The minimum atomic E-state index is -0.636. The Balaban J connectivity index is 1.42. The van der Waals surface area contributed by atoms with Crippen LogP contribution in [0.25, 0.3) is 0 Å². The van der Waals surface area contributed by atoms with Gasteiger partial charge in [0.25, 0.3) is 5.56 Å². The van der Waals surface area contributed by atoms with E-state index in [-0.39, 0.29) is 11.5 Å². The Kier molecular flexibility index (Phi) is 4.92. The molecule has 0 radical (unpaired) electrons. The van der Waals surface area contributed by atoms with Crippen molar-refractivity contribution in [1.29, 1.82) is 0 Å². The predicted molar refractivity (Wildman–Crippen MR) is 103 cm³/mol. The van der Waals surface area contributed by atoms with E-state index in [0.29, 0.717) is 6.54 Å². The summed E-state index contributed by atoms with van der Waals surface area (Å²) in [7, 11) is 0. The van der Waals surface area contributed by atoms with Crippen molar-refractivity contribution in [1.82, 2.24) is 20.1 Å². The van der Waals surface area contributed by atoms with Crippen LogP contribution < -0.4 is 15.8 Å². The van der Waals surface area contributed by atoms with Crippen LogP contribution in [0, 0.1) is 0 Å². The fourth-order valence-corrected chi connectivity index (χ4v) is 3.83. The highest BCUT2D eigenvalue weighted by atomic mass is 16.2. The Hall–Kier alpha value is -2.70. The van der Waals surface area contributed by atoms with E-state index < -0.39 is 6.04 Å². The van der Waals surface area contributed by atoms with Gasteiger partial charge in [0.15, 0.2) is 0 Å². The van der Waals surface area contributed by atoms with Crippen LogP contribution in [-0.4, -0.2) is 33.8 Å². The maximum atomic E-state index is 12.6. The highest BCUT2D eigenvalue weighted by molar-refractivity contribution is 5.79. The van der Waals surface area contributed by atoms with E-state index >= 15 is 0 Å². The van der Waals surface area contributed by atoms with Gasteiger partial charge in [0, 0.05) is 31.9 Å². The van der Waals surface area contributed by atoms with E-state index in [2.05, 4.69) is 20.3 Å². The number of hydrogen-bond acceptors (Lipinski definition) is 5. The summed E-state index contributed by atoms with van der Waals surface area (Å²) in [5.74, 6) is 0.755. The number of aromatic nitrogens is 3. The zero-order chi connectivity index (χ0) is 18.8. The average Bonchev–Trinajstić information content (AvgIpc) is 3.36. The maximum absolute atomic E-state index is 12.6. The third-order valence-electron chi connectivity index (χ3n) is 5.44. The molecule has 1 aliphatic carbocycles. The molecule has 4 rings (SSSR count). The van der Waals surface area contributed by atoms with E-state index in [9.17, 15) is 9.59 Å². The van der Waals surface area contributed by atoms with Crippen molar-refractivity contribution in [2.45, 2.75) is 51.6 Å². The third kappa shape index (κ3) is 3.72. The summed E-state index contributed by atoms with van der Waals surface area (Å²) in [5, 5.41) is 7.35. The number of nitrogens with zero attached hydrogens (tertiary/aromatic N) is 4. The molecule has 2 aliphatic rings. The Labute approximate surface area is 158 Å². The van der Waals surface area contributed by atoms with E-state index in [0.717, 1.165) is 55.0 Å². The number of amides is 1. The van der Waals surface area contributed by atoms with Crippen molar-refractivity contribution in [3.05, 3.63) is 51.6 Å². The molecular weight excluding hydrogens is 342 g/mol. The second-order valence-electron chi connectivity index (χ2n) is 7.36. The molecule has 1 atom stereocenters. The van der Waals surface area contributed by atoms with Gasteiger partial charge in [0.05, 0.1) is 5.69 Å². The summed E-state index contributed by atoms with van der Waals surface area (Å²) >= 11 is 0. The number of fused-ring (bicyclic) bond motifs is 1. The summed E-state index contributed by atoms with van der Waals surface area (Å²) in [6.07, 6.45) is 6.98. The van der Waals surface area contributed by atoms with Crippen LogP contribution in [0.4, 0.5) is 5.82 Å². The lowest BCUT2D eigenvalue weighted by molar-refractivity contribution is -0.124. The van der Waals surface area contributed by atoms with Crippen molar-refractivity contribution in [3.8, 4) is 0 Å². The molecule has 7 heteroatoms. The normalized spacial score (nSPS) is 17.0. The first-order valence-electron chi connectivity index (χ1n) is 9.71. The molecular formula is C20H25N5O2. The Morgan fingerprint density at radius 2 is 2.04 bits per heavy atom. The van der Waals surface area contributed by atoms with Crippen LogP contribution in [0.15, 0.2) is 29.2 Å². The van der Waals surface area contributed by atoms with E-state index in [4.69, 9.17) is 0 Å². The first-order valence-corrected chi connectivity index (χ1v) is 9.71. The van der Waals surface area contributed by atoms with Crippen LogP contribution in [-0.2, 0) is 24.2 Å². The number of nitrogens with one attached hydrogen (secondary N) is 1. The summed E-state index contributed by atoms with van der Waals surface area (Å²) < 4.78 is 1.31. The first-order chi connectivity index (χ1) is 13.1. The zero-order valence-electron chi connectivity index (χ0n) is 15.6. The third-order valence-corrected chi connectivity index (χ3v) is 5.44. The van der Waals surface area contributed by atoms with Gasteiger partial charge in [-0.3, -0.25) is 9.59 Å². The second-order valence-corrected chi connectivity index (χ2v) is 7.36. The van der Waals surface area contributed by atoms with Crippen molar-refractivity contribution >= 4 is 11.7 Å². The standard InChI is InChI=1S/C20H25N5O2/c1-14(25-19(26)12-16-5-4-6-17(16)23-25)20(27)22-13-15-7-8-21-18(11-15)24-9-2-3-10-24/h7-8,11-12,14H,2-6,9-10,13H2,1H3,(H,22,27). The van der Waals surface area contributed by atoms with Crippen LogP contribution >= 0.6 is 0 Å². The zero-order valence-corrected chi connectivity index (χ0v) is 15.6. The number of aryl methyl sites for hydroxylation is 2. The molecule has 27 heavy (non-hydrogen) atoms. The highest BCUT2D eigenvalue weighted by Crippen LogP contribution is 2.19. The molecule has 1 amide bonds.